The quantitative estimate of drug-likeness (QED) is 0.174. The molecule has 1 unspecified atom stereocenters. The summed E-state index contributed by atoms with van der Waals surface area (Å²) < 4.78 is 5.15. The monoisotopic (exact) mass is 552 g/mol. The fourth-order valence-electron chi connectivity index (χ4n) is 3.59. The minimum Gasteiger partial charge on any atom is -0.497 e. The largest absolute Gasteiger partial charge is 0.497 e. The highest BCUT2D eigenvalue weighted by Crippen LogP contribution is 2.27. The Hall–Kier alpha value is -4.89. The zero-order valence-corrected chi connectivity index (χ0v) is 22.8. The van der Waals surface area contributed by atoms with Gasteiger partial charge in [0.15, 0.2) is 0 Å². The average molecular weight is 553 g/mol. The van der Waals surface area contributed by atoms with Gasteiger partial charge in [0.05, 0.1) is 12.4 Å². The molecule has 8 nitrogen and oxygen atoms in total. The number of hydrogen-bond donors (Lipinski definition) is 3. The van der Waals surface area contributed by atoms with Crippen LogP contribution in [0.2, 0.25) is 0 Å². The molecule has 4 aromatic rings. The highest BCUT2D eigenvalue weighted by Gasteiger charge is 2.17. The first-order valence-electron chi connectivity index (χ1n) is 12.4. The molecule has 9 heteroatoms. The number of amides is 3. The first kappa shape index (κ1) is 28.1. The second kappa shape index (κ2) is 13.8. The summed E-state index contributed by atoms with van der Waals surface area (Å²) in [6.45, 7) is 1.81. The van der Waals surface area contributed by atoms with Gasteiger partial charge in [-0.3, -0.25) is 19.4 Å². The number of thioether (sulfide) groups is 1. The van der Waals surface area contributed by atoms with E-state index in [4.69, 9.17) is 4.74 Å². The third-order valence-electron chi connectivity index (χ3n) is 5.66. The Balaban J connectivity index is 1.44. The molecule has 0 aliphatic heterocycles. The lowest BCUT2D eigenvalue weighted by Gasteiger charge is -2.14. The SMILES string of the molecule is COc1ccc(NC(=O)C(C)Sc2cccc(NC(=O)/C(=C/c3cccnc3)NC(=O)c3ccccc3)c2)cc1. The van der Waals surface area contributed by atoms with Crippen molar-refractivity contribution in [2.45, 2.75) is 17.1 Å². The number of aromatic nitrogens is 1. The fourth-order valence-corrected chi connectivity index (χ4v) is 4.52. The van der Waals surface area contributed by atoms with Crippen LogP contribution in [0.15, 0.2) is 114 Å². The van der Waals surface area contributed by atoms with Crippen LogP contribution in [0.3, 0.4) is 0 Å². The first-order valence-corrected chi connectivity index (χ1v) is 13.3. The maximum absolute atomic E-state index is 13.3. The van der Waals surface area contributed by atoms with Gasteiger partial charge in [-0.2, -0.15) is 0 Å². The molecule has 0 radical (unpaired) electrons. The Kier molecular flexibility index (Phi) is 9.68. The number of benzene rings is 3. The minimum absolute atomic E-state index is 0.0622. The number of rotatable bonds is 10. The Morgan fingerprint density at radius 2 is 1.65 bits per heavy atom. The molecule has 1 aromatic heterocycles. The van der Waals surface area contributed by atoms with Gasteiger partial charge in [0.1, 0.15) is 11.4 Å². The molecule has 0 spiro atoms. The van der Waals surface area contributed by atoms with Crippen molar-refractivity contribution in [3.8, 4) is 5.75 Å². The Morgan fingerprint density at radius 3 is 2.35 bits per heavy atom. The summed E-state index contributed by atoms with van der Waals surface area (Å²) in [7, 11) is 1.58. The average Bonchev–Trinajstić information content (AvgIpc) is 2.98. The van der Waals surface area contributed by atoms with Gasteiger partial charge in [0, 0.05) is 34.2 Å². The number of pyridine rings is 1. The van der Waals surface area contributed by atoms with Crippen molar-refractivity contribution in [3.63, 3.8) is 0 Å². The molecule has 3 aromatic carbocycles. The van der Waals surface area contributed by atoms with Gasteiger partial charge in [-0.15, -0.1) is 11.8 Å². The molecule has 0 saturated carbocycles. The van der Waals surface area contributed by atoms with E-state index >= 15 is 0 Å². The lowest BCUT2D eigenvalue weighted by molar-refractivity contribution is -0.115. The Labute approximate surface area is 236 Å². The summed E-state index contributed by atoms with van der Waals surface area (Å²) >= 11 is 1.36. The molecule has 3 amide bonds. The molecule has 40 heavy (non-hydrogen) atoms. The van der Waals surface area contributed by atoms with E-state index in [9.17, 15) is 14.4 Å². The summed E-state index contributed by atoms with van der Waals surface area (Å²) in [5.74, 6) is -0.361. The van der Waals surface area contributed by atoms with Crippen LogP contribution in [-0.2, 0) is 9.59 Å². The maximum Gasteiger partial charge on any atom is 0.272 e. The van der Waals surface area contributed by atoms with Gasteiger partial charge >= 0.3 is 0 Å². The highest BCUT2D eigenvalue weighted by atomic mass is 32.2. The molecule has 4 rings (SSSR count). The van der Waals surface area contributed by atoms with E-state index in [0.29, 0.717) is 28.3 Å². The van der Waals surface area contributed by atoms with Gasteiger partial charge in [0.25, 0.3) is 11.8 Å². The second-order valence-electron chi connectivity index (χ2n) is 8.62. The molecule has 0 fully saturated rings. The van der Waals surface area contributed by atoms with Gasteiger partial charge in [0.2, 0.25) is 5.91 Å². The number of anilines is 2. The third kappa shape index (κ3) is 8.05. The third-order valence-corrected chi connectivity index (χ3v) is 6.75. The summed E-state index contributed by atoms with van der Waals surface area (Å²) in [4.78, 5) is 43.7. The van der Waals surface area contributed by atoms with E-state index in [1.165, 1.54) is 11.8 Å². The topological polar surface area (TPSA) is 109 Å². The van der Waals surface area contributed by atoms with E-state index in [1.54, 1.807) is 104 Å². The molecule has 0 bridgehead atoms. The predicted molar refractivity (Wildman–Crippen MR) is 158 cm³/mol. The first-order chi connectivity index (χ1) is 19.4. The predicted octanol–water partition coefficient (Wildman–Crippen LogP) is 5.62. The normalized spacial score (nSPS) is 11.7. The highest BCUT2D eigenvalue weighted by molar-refractivity contribution is 8.00. The summed E-state index contributed by atoms with van der Waals surface area (Å²) in [5.41, 5.74) is 2.33. The molecule has 202 valence electrons. The van der Waals surface area contributed by atoms with Crippen LogP contribution < -0.4 is 20.7 Å². The lowest BCUT2D eigenvalue weighted by Crippen LogP contribution is -2.30. The van der Waals surface area contributed by atoms with Crippen LogP contribution in [0, 0.1) is 0 Å². The van der Waals surface area contributed by atoms with Gasteiger partial charge < -0.3 is 20.7 Å². The molecular weight excluding hydrogens is 524 g/mol. The van der Waals surface area contributed by atoms with Crippen molar-refractivity contribution in [1.82, 2.24) is 10.3 Å². The standard InChI is InChI=1S/C31H28N4O4S/c1-21(29(36)33-24-13-15-26(39-2)16-14-24)40-27-12-6-11-25(19-27)34-31(38)28(18-22-8-7-17-32-20-22)35-30(37)23-9-4-3-5-10-23/h3-21H,1-2H3,(H,33,36)(H,34,38)(H,35,37)/b28-18-. The van der Waals surface area contributed by atoms with E-state index in [0.717, 1.165) is 4.90 Å². The molecule has 3 N–H and O–H groups in total. The van der Waals surface area contributed by atoms with Crippen molar-refractivity contribution in [1.29, 1.82) is 0 Å². The number of nitrogens with zero attached hydrogens (tertiary/aromatic N) is 1. The van der Waals surface area contributed by atoms with Crippen LogP contribution in [0.4, 0.5) is 11.4 Å². The van der Waals surface area contributed by atoms with Crippen LogP contribution in [0.5, 0.6) is 5.75 Å². The van der Waals surface area contributed by atoms with E-state index in [-0.39, 0.29) is 11.6 Å². The van der Waals surface area contributed by atoms with Gasteiger partial charge in [-0.1, -0.05) is 30.3 Å². The van der Waals surface area contributed by atoms with E-state index in [2.05, 4.69) is 20.9 Å². The smallest absolute Gasteiger partial charge is 0.272 e. The molecule has 0 saturated heterocycles. The number of carbonyl (C=O) groups excluding carboxylic acids is 3. The summed E-state index contributed by atoms with van der Waals surface area (Å²) in [5, 5.41) is 8.04. The summed E-state index contributed by atoms with van der Waals surface area (Å²) in [6, 6.07) is 26.4. The van der Waals surface area contributed by atoms with E-state index < -0.39 is 17.1 Å². The zero-order valence-electron chi connectivity index (χ0n) is 22.0. The molecule has 1 atom stereocenters. The second-order valence-corrected chi connectivity index (χ2v) is 10.0. The minimum atomic E-state index is -0.499. The van der Waals surface area contributed by atoms with Crippen molar-refractivity contribution < 1.29 is 19.1 Å². The number of carbonyl (C=O) groups is 3. The lowest BCUT2D eigenvalue weighted by atomic mass is 10.2. The van der Waals surface area contributed by atoms with Crippen molar-refractivity contribution in [2.24, 2.45) is 0 Å². The molecule has 1 heterocycles. The van der Waals surface area contributed by atoms with Gasteiger partial charge in [-0.05, 0) is 79.2 Å². The number of methoxy groups -OCH3 is 1. The number of ether oxygens (including phenoxy) is 1. The molecular formula is C31H28N4O4S. The molecule has 0 aliphatic carbocycles. The van der Waals surface area contributed by atoms with Crippen LogP contribution in [0.25, 0.3) is 6.08 Å². The van der Waals surface area contributed by atoms with Crippen LogP contribution in [0.1, 0.15) is 22.8 Å². The summed E-state index contributed by atoms with van der Waals surface area (Å²) in [6.07, 6.45) is 4.78. The number of hydrogen-bond acceptors (Lipinski definition) is 6. The maximum atomic E-state index is 13.3. The Morgan fingerprint density at radius 1 is 0.875 bits per heavy atom. The van der Waals surface area contributed by atoms with Crippen molar-refractivity contribution >= 4 is 46.9 Å². The fraction of sp³-hybridized carbons (Fsp3) is 0.0968. The van der Waals surface area contributed by atoms with Crippen LogP contribution in [-0.4, -0.2) is 35.1 Å². The molecule has 0 aliphatic rings. The number of nitrogens with one attached hydrogen (secondary N) is 3. The van der Waals surface area contributed by atoms with E-state index in [1.807, 2.05) is 19.1 Å². The van der Waals surface area contributed by atoms with Gasteiger partial charge in [-0.25, -0.2) is 0 Å². The zero-order chi connectivity index (χ0) is 28.3. The van der Waals surface area contributed by atoms with Crippen molar-refractivity contribution in [3.05, 3.63) is 120 Å². The van der Waals surface area contributed by atoms with Crippen LogP contribution >= 0.6 is 11.8 Å². The van der Waals surface area contributed by atoms with Crippen molar-refractivity contribution in [2.75, 3.05) is 17.7 Å². The Bertz CT molecular complexity index is 1490.